The number of nitro groups is 1. The molecule has 1 saturated heterocycles. The molecule has 1 atom stereocenters. The minimum atomic E-state index is -0.564. The predicted octanol–water partition coefficient (Wildman–Crippen LogP) is 5.02. The standard InChI is InChI=1S/C25H22N4O4/c1-17-14-21(29(32)33)12-13-22(17)27-24(30)16-18-15-23(26-19-8-4-2-5-9-19)28(25(18)31)20-10-6-3-7-11-20/h2-14,18H,15-16H2,1H3,(H,27,30). The molecule has 1 unspecified atom stereocenters. The molecule has 0 bridgehead atoms. The van der Waals surface area contributed by atoms with Gasteiger partial charge in [0.1, 0.15) is 5.84 Å². The molecule has 3 aromatic rings. The van der Waals surface area contributed by atoms with E-state index in [0.29, 0.717) is 29.2 Å². The Bertz CT molecular complexity index is 1230. The highest BCUT2D eigenvalue weighted by Gasteiger charge is 2.39. The van der Waals surface area contributed by atoms with Gasteiger partial charge in [0, 0.05) is 30.7 Å². The zero-order valence-corrected chi connectivity index (χ0v) is 18.0. The van der Waals surface area contributed by atoms with E-state index in [1.165, 1.54) is 18.2 Å². The van der Waals surface area contributed by atoms with Crippen molar-refractivity contribution in [1.82, 2.24) is 0 Å². The van der Waals surface area contributed by atoms with E-state index in [2.05, 4.69) is 10.3 Å². The van der Waals surface area contributed by atoms with Crippen LogP contribution in [0, 0.1) is 23.0 Å². The molecule has 2 amide bonds. The second-order valence-corrected chi connectivity index (χ2v) is 7.78. The maximum atomic E-state index is 13.3. The number of amidine groups is 1. The minimum absolute atomic E-state index is 0.0214. The summed E-state index contributed by atoms with van der Waals surface area (Å²) in [6, 6.07) is 22.8. The highest BCUT2D eigenvalue weighted by atomic mass is 16.6. The molecule has 8 heteroatoms. The maximum Gasteiger partial charge on any atom is 0.269 e. The zero-order valence-electron chi connectivity index (χ0n) is 18.0. The molecule has 1 N–H and O–H groups in total. The molecule has 8 nitrogen and oxygen atoms in total. The van der Waals surface area contributed by atoms with Gasteiger partial charge in [0.2, 0.25) is 11.8 Å². The third-order valence-corrected chi connectivity index (χ3v) is 5.41. The Labute approximate surface area is 190 Å². The normalized spacial score (nSPS) is 16.8. The minimum Gasteiger partial charge on any atom is -0.326 e. The van der Waals surface area contributed by atoms with Gasteiger partial charge in [-0.05, 0) is 42.8 Å². The Balaban J connectivity index is 1.54. The fourth-order valence-electron chi connectivity index (χ4n) is 3.80. The van der Waals surface area contributed by atoms with Crippen LogP contribution in [0.5, 0.6) is 0 Å². The van der Waals surface area contributed by atoms with Crippen LogP contribution < -0.4 is 10.2 Å². The van der Waals surface area contributed by atoms with E-state index in [0.717, 1.165) is 5.69 Å². The van der Waals surface area contributed by atoms with E-state index in [1.807, 2.05) is 60.7 Å². The summed E-state index contributed by atoms with van der Waals surface area (Å²) in [4.78, 5) is 42.7. The number of non-ortho nitro benzene ring substituents is 1. The lowest BCUT2D eigenvalue weighted by atomic mass is 10.0. The lowest BCUT2D eigenvalue weighted by molar-refractivity contribution is -0.384. The fraction of sp³-hybridized carbons (Fsp3) is 0.160. The van der Waals surface area contributed by atoms with Gasteiger partial charge in [-0.1, -0.05) is 36.4 Å². The molecular formula is C25H22N4O4. The van der Waals surface area contributed by atoms with Crippen molar-refractivity contribution in [3.8, 4) is 0 Å². The molecule has 1 fully saturated rings. The Morgan fingerprint density at radius 1 is 1.09 bits per heavy atom. The van der Waals surface area contributed by atoms with Crippen LogP contribution in [0.2, 0.25) is 0 Å². The Hall–Kier alpha value is -4.33. The molecule has 0 radical (unpaired) electrons. The number of anilines is 2. The second-order valence-electron chi connectivity index (χ2n) is 7.78. The zero-order chi connectivity index (χ0) is 23.4. The number of carbonyl (C=O) groups is 2. The van der Waals surface area contributed by atoms with Crippen LogP contribution in [-0.4, -0.2) is 22.6 Å². The van der Waals surface area contributed by atoms with Crippen LogP contribution >= 0.6 is 0 Å². The van der Waals surface area contributed by atoms with Crippen LogP contribution in [-0.2, 0) is 9.59 Å². The van der Waals surface area contributed by atoms with Gasteiger partial charge in [-0.3, -0.25) is 24.6 Å². The number of hydrogen-bond acceptors (Lipinski definition) is 5. The first-order valence-corrected chi connectivity index (χ1v) is 10.5. The number of aryl methyl sites for hydroxylation is 1. The van der Waals surface area contributed by atoms with Crippen LogP contribution in [0.1, 0.15) is 18.4 Å². The van der Waals surface area contributed by atoms with Crippen LogP contribution in [0.15, 0.2) is 83.9 Å². The molecule has 166 valence electrons. The number of rotatable bonds is 6. The lowest BCUT2D eigenvalue weighted by Crippen LogP contribution is -2.31. The van der Waals surface area contributed by atoms with E-state index in [-0.39, 0.29) is 23.9 Å². The van der Waals surface area contributed by atoms with E-state index in [1.54, 1.807) is 11.8 Å². The lowest BCUT2D eigenvalue weighted by Gasteiger charge is -2.17. The van der Waals surface area contributed by atoms with Gasteiger partial charge >= 0.3 is 0 Å². The number of aliphatic imine (C=N–C) groups is 1. The molecule has 1 aliphatic heterocycles. The molecule has 33 heavy (non-hydrogen) atoms. The van der Waals surface area contributed by atoms with Gasteiger partial charge < -0.3 is 5.32 Å². The van der Waals surface area contributed by atoms with Crippen LogP contribution in [0.25, 0.3) is 0 Å². The Morgan fingerprint density at radius 2 is 1.76 bits per heavy atom. The summed E-state index contributed by atoms with van der Waals surface area (Å²) in [7, 11) is 0. The van der Waals surface area contributed by atoms with E-state index >= 15 is 0 Å². The third-order valence-electron chi connectivity index (χ3n) is 5.41. The summed E-state index contributed by atoms with van der Waals surface area (Å²) in [5, 5.41) is 13.7. The average molecular weight is 442 g/mol. The Kier molecular flexibility index (Phi) is 6.26. The number of nitro benzene ring substituents is 1. The molecular weight excluding hydrogens is 420 g/mol. The van der Waals surface area contributed by atoms with Gasteiger partial charge in [0.15, 0.2) is 0 Å². The highest BCUT2D eigenvalue weighted by Crippen LogP contribution is 2.31. The smallest absolute Gasteiger partial charge is 0.269 e. The maximum absolute atomic E-state index is 13.3. The monoisotopic (exact) mass is 442 g/mol. The summed E-state index contributed by atoms with van der Waals surface area (Å²) >= 11 is 0. The molecule has 4 rings (SSSR count). The van der Waals surface area contributed by atoms with Crippen LogP contribution in [0.3, 0.4) is 0 Å². The summed E-state index contributed by atoms with van der Waals surface area (Å²) in [5.41, 5.74) is 2.44. The van der Waals surface area contributed by atoms with E-state index < -0.39 is 10.8 Å². The molecule has 0 aliphatic carbocycles. The molecule has 0 saturated carbocycles. The summed E-state index contributed by atoms with van der Waals surface area (Å²) in [6.07, 6.45) is 0.307. The van der Waals surface area contributed by atoms with Crippen molar-refractivity contribution in [2.24, 2.45) is 10.9 Å². The number of amides is 2. The number of benzene rings is 3. The van der Waals surface area contributed by atoms with Crippen LogP contribution in [0.4, 0.5) is 22.7 Å². The topological polar surface area (TPSA) is 105 Å². The third kappa shape index (κ3) is 4.95. The van der Waals surface area contributed by atoms with Crippen molar-refractivity contribution in [3.05, 3.63) is 94.5 Å². The second kappa shape index (κ2) is 9.44. The van der Waals surface area contributed by atoms with E-state index in [9.17, 15) is 19.7 Å². The van der Waals surface area contributed by atoms with Gasteiger partial charge in [0.25, 0.3) is 5.69 Å². The molecule has 0 aromatic heterocycles. The van der Waals surface area contributed by atoms with Gasteiger partial charge in [0.05, 0.1) is 22.2 Å². The van der Waals surface area contributed by atoms with Crippen molar-refractivity contribution in [2.45, 2.75) is 19.8 Å². The molecule has 1 aliphatic rings. The highest BCUT2D eigenvalue weighted by molar-refractivity contribution is 6.24. The number of para-hydroxylation sites is 2. The predicted molar refractivity (Wildman–Crippen MR) is 127 cm³/mol. The SMILES string of the molecule is Cc1cc([N+](=O)[O-])ccc1NC(=O)CC1CC(=Nc2ccccc2)N(c2ccccc2)C1=O. The summed E-state index contributed by atoms with van der Waals surface area (Å²) < 4.78 is 0. The fourth-order valence-corrected chi connectivity index (χ4v) is 3.80. The number of carbonyl (C=O) groups excluding carboxylic acids is 2. The number of nitrogens with one attached hydrogen (secondary N) is 1. The van der Waals surface area contributed by atoms with Gasteiger partial charge in [-0.2, -0.15) is 0 Å². The molecule has 1 heterocycles. The quantitative estimate of drug-likeness (QED) is 0.428. The average Bonchev–Trinajstić information content (AvgIpc) is 3.10. The van der Waals surface area contributed by atoms with Gasteiger partial charge in [-0.15, -0.1) is 0 Å². The number of hydrogen-bond donors (Lipinski definition) is 1. The number of nitrogens with zero attached hydrogens (tertiary/aromatic N) is 3. The first-order valence-electron chi connectivity index (χ1n) is 10.5. The van der Waals surface area contributed by atoms with E-state index in [4.69, 9.17) is 0 Å². The largest absolute Gasteiger partial charge is 0.326 e. The van der Waals surface area contributed by atoms with Crippen molar-refractivity contribution >= 4 is 40.4 Å². The molecule has 3 aromatic carbocycles. The van der Waals surface area contributed by atoms with Crippen molar-refractivity contribution in [3.63, 3.8) is 0 Å². The summed E-state index contributed by atoms with van der Waals surface area (Å²) in [6.45, 7) is 1.69. The first-order chi connectivity index (χ1) is 15.9. The van der Waals surface area contributed by atoms with Crippen molar-refractivity contribution in [1.29, 1.82) is 0 Å². The molecule has 0 spiro atoms. The van der Waals surface area contributed by atoms with Gasteiger partial charge in [-0.25, -0.2) is 4.99 Å². The summed E-state index contributed by atoms with van der Waals surface area (Å²) in [5.74, 6) is -0.501. The first kappa shape index (κ1) is 21.9. The van der Waals surface area contributed by atoms with Crippen molar-refractivity contribution in [2.75, 3.05) is 10.2 Å². The Morgan fingerprint density at radius 3 is 2.39 bits per heavy atom. The van der Waals surface area contributed by atoms with Crippen molar-refractivity contribution < 1.29 is 14.5 Å².